The van der Waals surface area contributed by atoms with Gasteiger partial charge in [-0.3, -0.25) is 0 Å². The second kappa shape index (κ2) is 10.6. The first kappa shape index (κ1) is 23.0. The van der Waals surface area contributed by atoms with Gasteiger partial charge in [-0.25, -0.2) is 4.68 Å². The largest absolute Gasteiger partial charge is 0.489 e. The zero-order chi connectivity index (χ0) is 23.2. The minimum absolute atomic E-state index is 0.0446. The maximum atomic E-state index is 8.84. The molecule has 0 saturated heterocycles. The van der Waals surface area contributed by atoms with Gasteiger partial charge in [0.25, 0.3) is 0 Å². The molecular formula is C25H22BrN5OS. The van der Waals surface area contributed by atoms with Crippen LogP contribution in [-0.4, -0.2) is 20.2 Å². The van der Waals surface area contributed by atoms with Gasteiger partial charge in [0.05, 0.1) is 25.0 Å². The maximum absolute atomic E-state index is 8.84. The SMILES string of the molecule is CC#C[C@@H](Cc1nnnn1CCC#N)c1ccc(OCc2cc(C)c3scc(Br)c3c2)cc1. The molecule has 0 aliphatic rings. The number of benzene rings is 2. The molecule has 0 fully saturated rings. The lowest BCUT2D eigenvalue weighted by atomic mass is 9.95. The molecule has 0 bridgehead atoms. The number of rotatable bonds is 8. The molecule has 166 valence electrons. The van der Waals surface area contributed by atoms with Gasteiger partial charge in [-0.2, -0.15) is 5.26 Å². The molecule has 2 aromatic carbocycles. The van der Waals surface area contributed by atoms with Crippen LogP contribution in [0, 0.1) is 30.1 Å². The number of nitrogens with zero attached hydrogens (tertiary/aromatic N) is 5. The molecule has 6 nitrogen and oxygen atoms in total. The van der Waals surface area contributed by atoms with Crippen molar-refractivity contribution in [1.82, 2.24) is 20.2 Å². The molecule has 0 spiro atoms. The number of aryl methyl sites for hydroxylation is 2. The highest BCUT2D eigenvalue weighted by Crippen LogP contribution is 2.34. The highest BCUT2D eigenvalue weighted by atomic mass is 79.9. The number of thiophene rings is 1. The zero-order valence-electron chi connectivity index (χ0n) is 18.4. The topological polar surface area (TPSA) is 76.6 Å². The predicted octanol–water partition coefficient (Wildman–Crippen LogP) is 5.80. The molecule has 1 atom stereocenters. The molecule has 0 aliphatic heterocycles. The summed E-state index contributed by atoms with van der Waals surface area (Å²) in [5, 5.41) is 24.1. The van der Waals surface area contributed by atoms with E-state index in [1.807, 2.05) is 31.2 Å². The fraction of sp³-hybridized carbons (Fsp3) is 0.280. The van der Waals surface area contributed by atoms with Crippen LogP contribution in [0.3, 0.4) is 0 Å². The number of fused-ring (bicyclic) bond motifs is 1. The Morgan fingerprint density at radius 2 is 2.06 bits per heavy atom. The highest BCUT2D eigenvalue weighted by molar-refractivity contribution is 9.10. The number of halogens is 1. The van der Waals surface area contributed by atoms with Crippen molar-refractivity contribution in [3.05, 3.63) is 68.8 Å². The van der Waals surface area contributed by atoms with Crippen LogP contribution >= 0.6 is 27.3 Å². The second-order valence-corrected chi connectivity index (χ2v) is 9.34. The van der Waals surface area contributed by atoms with E-state index in [9.17, 15) is 0 Å². The lowest BCUT2D eigenvalue weighted by Crippen LogP contribution is -2.10. The normalized spacial score (nSPS) is 11.6. The fourth-order valence-corrected chi connectivity index (χ4v) is 5.32. The molecule has 4 aromatic rings. The lowest BCUT2D eigenvalue weighted by molar-refractivity contribution is 0.306. The van der Waals surface area contributed by atoms with Gasteiger partial charge in [0.1, 0.15) is 12.4 Å². The first-order chi connectivity index (χ1) is 16.1. The molecular weight excluding hydrogens is 498 g/mol. The molecule has 2 heterocycles. The van der Waals surface area contributed by atoms with E-state index in [0.717, 1.165) is 27.2 Å². The van der Waals surface area contributed by atoms with Crippen molar-refractivity contribution >= 4 is 37.4 Å². The van der Waals surface area contributed by atoms with E-state index in [0.29, 0.717) is 26.0 Å². The molecule has 8 heteroatoms. The van der Waals surface area contributed by atoms with Crippen LogP contribution in [0.1, 0.15) is 41.8 Å². The third-order valence-electron chi connectivity index (χ3n) is 5.31. The van der Waals surface area contributed by atoms with Crippen LogP contribution in [0.15, 0.2) is 46.3 Å². The van der Waals surface area contributed by atoms with Crippen molar-refractivity contribution in [1.29, 1.82) is 5.26 Å². The van der Waals surface area contributed by atoms with Gasteiger partial charge in [0.2, 0.25) is 0 Å². The van der Waals surface area contributed by atoms with Gasteiger partial charge in [0, 0.05) is 26.4 Å². The predicted molar refractivity (Wildman–Crippen MR) is 133 cm³/mol. The van der Waals surface area contributed by atoms with Crippen LogP contribution in [0.5, 0.6) is 5.75 Å². The van der Waals surface area contributed by atoms with E-state index in [1.165, 1.54) is 15.6 Å². The summed E-state index contributed by atoms with van der Waals surface area (Å²) in [4.78, 5) is 0. The molecule has 2 aromatic heterocycles. The molecule has 0 radical (unpaired) electrons. The van der Waals surface area contributed by atoms with E-state index in [1.54, 1.807) is 16.0 Å². The zero-order valence-corrected chi connectivity index (χ0v) is 20.8. The molecule has 33 heavy (non-hydrogen) atoms. The summed E-state index contributed by atoms with van der Waals surface area (Å²) in [6, 6.07) is 14.5. The minimum atomic E-state index is -0.0446. The maximum Gasteiger partial charge on any atom is 0.152 e. The van der Waals surface area contributed by atoms with Crippen molar-refractivity contribution in [3.63, 3.8) is 0 Å². The number of tetrazole rings is 1. The van der Waals surface area contributed by atoms with Gasteiger partial charge in [-0.15, -0.1) is 22.4 Å². The van der Waals surface area contributed by atoms with Crippen LogP contribution in [0.4, 0.5) is 0 Å². The lowest BCUT2D eigenvalue weighted by Gasteiger charge is -2.13. The number of aromatic nitrogens is 4. The molecule has 0 aliphatic carbocycles. The van der Waals surface area contributed by atoms with Gasteiger partial charge >= 0.3 is 0 Å². The monoisotopic (exact) mass is 519 g/mol. The van der Waals surface area contributed by atoms with Crippen LogP contribution in [0.2, 0.25) is 0 Å². The Labute approximate surface area is 205 Å². The molecule has 0 N–H and O–H groups in total. The molecule has 0 unspecified atom stereocenters. The Morgan fingerprint density at radius 1 is 1.24 bits per heavy atom. The first-order valence-corrected chi connectivity index (χ1v) is 12.2. The molecule has 4 rings (SSSR count). The van der Waals surface area contributed by atoms with Crippen LogP contribution in [0.25, 0.3) is 10.1 Å². The minimum Gasteiger partial charge on any atom is -0.489 e. The van der Waals surface area contributed by atoms with Crippen molar-refractivity contribution < 1.29 is 4.74 Å². The fourth-order valence-electron chi connectivity index (χ4n) is 3.71. The van der Waals surface area contributed by atoms with E-state index >= 15 is 0 Å². The van der Waals surface area contributed by atoms with E-state index in [2.05, 4.69) is 73.8 Å². The van der Waals surface area contributed by atoms with Crippen molar-refractivity contribution in [3.8, 4) is 23.7 Å². The first-order valence-electron chi connectivity index (χ1n) is 10.5. The third-order valence-corrected chi connectivity index (χ3v) is 7.40. The Hall–Kier alpha value is -3.20. The van der Waals surface area contributed by atoms with Crippen molar-refractivity contribution in [2.75, 3.05) is 0 Å². The summed E-state index contributed by atoms with van der Waals surface area (Å²) in [5.41, 5.74) is 3.48. The summed E-state index contributed by atoms with van der Waals surface area (Å²) in [7, 11) is 0. The van der Waals surface area contributed by atoms with E-state index < -0.39 is 0 Å². The summed E-state index contributed by atoms with van der Waals surface area (Å²) in [6.07, 6.45) is 0.943. The summed E-state index contributed by atoms with van der Waals surface area (Å²) in [5.74, 6) is 7.76. The average molecular weight is 520 g/mol. The van der Waals surface area contributed by atoms with Gasteiger partial charge in [-0.05, 0) is 75.1 Å². The average Bonchev–Trinajstić information content (AvgIpc) is 3.43. The number of nitriles is 1. The number of hydrogen-bond donors (Lipinski definition) is 0. The van der Waals surface area contributed by atoms with Gasteiger partial charge < -0.3 is 4.74 Å². The molecule has 0 saturated carbocycles. The van der Waals surface area contributed by atoms with Crippen molar-refractivity contribution in [2.45, 2.75) is 45.8 Å². The standard InChI is InChI=1S/C25H22BrN5OS/c1-3-5-20(14-24-28-29-30-31(24)11-4-10-27)19-6-8-21(9-7-19)32-15-18-12-17(2)25-22(13-18)23(26)16-33-25/h6-9,12-13,16,20H,4,11,14-15H2,1-2H3/t20-/m0/s1. The number of ether oxygens (including phenoxy) is 1. The van der Waals surface area contributed by atoms with E-state index in [4.69, 9.17) is 10.00 Å². The Morgan fingerprint density at radius 3 is 2.82 bits per heavy atom. The Bertz CT molecular complexity index is 1360. The Kier molecular flexibility index (Phi) is 7.39. The number of hydrogen-bond acceptors (Lipinski definition) is 6. The van der Waals surface area contributed by atoms with Gasteiger partial charge in [0.15, 0.2) is 5.82 Å². The highest BCUT2D eigenvalue weighted by Gasteiger charge is 2.15. The summed E-state index contributed by atoms with van der Waals surface area (Å²) in [6.45, 7) is 4.94. The second-order valence-electron chi connectivity index (χ2n) is 7.61. The van der Waals surface area contributed by atoms with Gasteiger partial charge in [-0.1, -0.05) is 24.1 Å². The summed E-state index contributed by atoms with van der Waals surface area (Å²) >= 11 is 5.38. The summed E-state index contributed by atoms with van der Waals surface area (Å²) < 4.78 is 10.2. The Balaban J connectivity index is 1.45. The van der Waals surface area contributed by atoms with Crippen LogP contribution in [-0.2, 0) is 19.6 Å². The van der Waals surface area contributed by atoms with E-state index in [-0.39, 0.29) is 5.92 Å². The van der Waals surface area contributed by atoms with Crippen molar-refractivity contribution in [2.24, 2.45) is 0 Å². The third kappa shape index (κ3) is 5.42. The quantitative estimate of drug-likeness (QED) is 0.275. The smallest absolute Gasteiger partial charge is 0.152 e. The molecule has 0 amide bonds. The van der Waals surface area contributed by atoms with Crippen LogP contribution < -0.4 is 4.74 Å².